The van der Waals surface area contributed by atoms with Gasteiger partial charge in [-0.25, -0.2) is 4.79 Å². The summed E-state index contributed by atoms with van der Waals surface area (Å²) in [6.45, 7) is 1.46. The van der Waals surface area contributed by atoms with Crippen LogP contribution in [0.4, 0.5) is 21.9 Å². The molecule has 4 rings (SSSR count). The van der Waals surface area contributed by atoms with Crippen LogP contribution in [0.25, 0.3) is 0 Å². The summed E-state index contributed by atoms with van der Waals surface area (Å²) in [7, 11) is 1.88. The Bertz CT molecular complexity index is 1250. The zero-order valence-electron chi connectivity index (χ0n) is 18.7. The first-order valence-corrected chi connectivity index (χ1v) is 11.9. The Hall–Kier alpha value is -4.07. The maximum Gasteiger partial charge on any atom is 0.320 e. The molecule has 3 amide bonds. The van der Waals surface area contributed by atoms with Crippen LogP contribution in [-0.4, -0.2) is 42.9 Å². The summed E-state index contributed by atoms with van der Waals surface area (Å²) in [5.74, 6) is 0.206. The molecule has 0 saturated carbocycles. The molecule has 3 aromatic rings. The molecule has 2 aromatic carbocycles. The molecule has 0 spiro atoms. The minimum atomic E-state index is -0.886. The van der Waals surface area contributed by atoms with E-state index >= 15 is 0 Å². The molecule has 35 heavy (non-hydrogen) atoms. The molecule has 1 aromatic heterocycles. The summed E-state index contributed by atoms with van der Waals surface area (Å²) in [4.78, 5) is 34.2. The van der Waals surface area contributed by atoms with Crippen LogP contribution in [0.15, 0.2) is 71.0 Å². The first-order valence-electron chi connectivity index (χ1n) is 10.7. The number of hydrogen-bond donors (Lipinski definition) is 3. The van der Waals surface area contributed by atoms with Crippen LogP contribution in [-0.2, 0) is 4.79 Å². The van der Waals surface area contributed by atoms with Crippen molar-refractivity contribution < 1.29 is 9.59 Å². The van der Waals surface area contributed by atoms with Crippen molar-refractivity contribution in [3.8, 4) is 6.19 Å². The SMILES string of the molecule is CN1CCN(c2ccc(NC(=O)[C@@H](NC(=O)Nc3ccc(Cl)cc3)c3cccs3)cc2)C1=NC#N. The van der Waals surface area contributed by atoms with Gasteiger partial charge in [-0.3, -0.25) is 4.79 Å². The lowest BCUT2D eigenvalue weighted by molar-refractivity contribution is -0.118. The number of anilines is 3. The highest BCUT2D eigenvalue weighted by molar-refractivity contribution is 7.10. The molecule has 1 fully saturated rings. The molecule has 178 valence electrons. The lowest BCUT2D eigenvalue weighted by atomic mass is 10.2. The number of guanidine groups is 1. The van der Waals surface area contributed by atoms with E-state index in [1.165, 1.54) is 11.3 Å². The second kappa shape index (κ2) is 10.9. The molecule has 1 aliphatic heterocycles. The van der Waals surface area contributed by atoms with E-state index in [0.717, 1.165) is 12.2 Å². The Morgan fingerprint density at radius 3 is 2.40 bits per heavy atom. The molecule has 1 saturated heterocycles. The third-order valence-corrected chi connectivity index (χ3v) is 6.49. The number of amides is 3. The second-order valence-electron chi connectivity index (χ2n) is 7.67. The van der Waals surface area contributed by atoms with Crippen molar-refractivity contribution in [2.75, 3.05) is 35.7 Å². The third-order valence-electron chi connectivity index (χ3n) is 5.31. The lowest BCUT2D eigenvalue weighted by Gasteiger charge is -2.20. The first-order chi connectivity index (χ1) is 16.9. The van der Waals surface area contributed by atoms with Gasteiger partial charge in [0.2, 0.25) is 12.2 Å². The van der Waals surface area contributed by atoms with Crippen LogP contribution >= 0.6 is 22.9 Å². The molecule has 3 N–H and O–H groups in total. The molecule has 0 aliphatic carbocycles. The Morgan fingerprint density at radius 1 is 1.06 bits per heavy atom. The van der Waals surface area contributed by atoms with Gasteiger partial charge < -0.3 is 25.8 Å². The number of benzene rings is 2. The van der Waals surface area contributed by atoms with Gasteiger partial charge in [-0.15, -0.1) is 16.3 Å². The summed E-state index contributed by atoms with van der Waals surface area (Å²) in [6, 6.07) is 16.1. The molecule has 2 heterocycles. The quantitative estimate of drug-likeness (QED) is 0.425. The van der Waals surface area contributed by atoms with Crippen molar-refractivity contribution in [2.24, 2.45) is 4.99 Å². The van der Waals surface area contributed by atoms with E-state index in [-0.39, 0.29) is 5.91 Å². The number of urea groups is 1. The summed E-state index contributed by atoms with van der Waals surface area (Å²) in [6.07, 6.45) is 1.84. The van der Waals surface area contributed by atoms with Crippen molar-refractivity contribution >= 4 is 57.9 Å². The molecule has 9 nitrogen and oxygen atoms in total. The standard InChI is InChI=1S/C24H22ClN7O2S/c1-31-12-13-32(24(31)27-15-26)19-10-8-17(9-11-19)28-22(33)21(20-3-2-14-35-20)30-23(34)29-18-6-4-16(25)5-7-18/h2-11,14,21H,12-13H2,1H3,(H,28,33)(H2,29,30,34)/t21-/m0/s1. The van der Waals surface area contributed by atoms with Gasteiger partial charge in [0.25, 0.3) is 5.91 Å². The van der Waals surface area contributed by atoms with Gasteiger partial charge in [0.15, 0.2) is 0 Å². The highest BCUT2D eigenvalue weighted by atomic mass is 35.5. The topological polar surface area (TPSA) is 113 Å². The van der Waals surface area contributed by atoms with Crippen LogP contribution in [0, 0.1) is 11.5 Å². The van der Waals surface area contributed by atoms with E-state index in [1.807, 2.05) is 46.6 Å². The number of aliphatic imine (C=N–C) groups is 1. The number of thiophene rings is 1. The normalized spacial score (nSPS) is 14.9. The Kier molecular flexibility index (Phi) is 7.50. The molecule has 11 heteroatoms. The second-order valence-corrected chi connectivity index (χ2v) is 9.09. The first kappa shape index (κ1) is 24.1. The fraction of sp³-hybridized carbons (Fsp3) is 0.167. The Balaban J connectivity index is 1.44. The van der Waals surface area contributed by atoms with Crippen molar-refractivity contribution in [3.05, 3.63) is 75.9 Å². The number of halogens is 1. The molecule has 1 atom stereocenters. The van der Waals surface area contributed by atoms with Crippen molar-refractivity contribution in [1.29, 1.82) is 5.26 Å². The smallest absolute Gasteiger partial charge is 0.320 e. The monoisotopic (exact) mass is 507 g/mol. The number of carbonyl (C=O) groups is 2. The van der Waals surface area contributed by atoms with Crippen molar-refractivity contribution in [1.82, 2.24) is 10.2 Å². The largest absolute Gasteiger partial charge is 0.343 e. The summed E-state index contributed by atoms with van der Waals surface area (Å²) >= 11 is 7.26. The van der Waals surface area contributed by atoms with Gasteiger partial charge in [-0.1, -0.05) is 17.7 Å². The van der Waals surface area contributed by atoms with Crippen LogP contribution in [0.5, 0.6) is 0 Å². The molecule has 0 bridgehead atoms. The maximum absolute atomic E-state index is 13.1. The number of hydrogen-bond acceptors (Lipinski definition) is 5. The van der Waals surface area contributed by atoms with E-state index in [4.69, 9.17) is 16.9 Å². The van der Waals surface area contributed by atoms with Crippen LogP contribution in [0.2, 0.25) is 5.02 Å². The van der Waals surface area contributed by atoms with Crippen molar-refractivity contribution in [2.45, 2.75) is 6.04 Å². The van der Waals surface area contributed by atoms with Gasteiger partial charge in [0.05, 0.1) is 0 Å². The highest BCUT2D eigenvalue weighted by Gasteiger charge is 2.26. The predicted octanol–water partition coefficient (Wildman–Crippen LogP) is 4.49. The van der Waals surface area contributed by atoms with Crippen LogP contribution < -0.4 is 20.9 Å². The van der Waals surface area contributed by atoms with Gasteiger partial charge in [0, 0.05) is 47.1 Å². The Labute approximate surface area is 211 Å². The maximum atomic E-state index is 13.1. The highest BCUT2D eigenvalue weighted by Crippen LogP contribution is 2.25. The summed E-state index contributed by atoms with van der Waals surface area (Å²) < 4.78 is 0. The predicted molar refractivity (Wildman–Crippen MR) is 139 cm³/mol. The van der Waals surface area contributed by atoms with Gasteiger partial charge in [-0.05, 0) is 60.0 Å². The van der Waals surface area contributed by atoms with Gasteiger partial charge in [0.1, 0.15) is 6.04 Å². The third kappa shape index (κ3) is 5.90. The number of likely N-dealkylation sites (N-methyl/N-ethyl adjacent to an activating group) is 1. The summed E-state index contributed by atoms with van der Waals surface area (Å²) in [5, 5.41) is 19.7. The minimum Gasteiger partial charge on any atom is -0.343 e. The molecule has 1 aliphatic rings. The molecule has 0 unspecified atom stereocenters. The van der Waals surface area contributed by atoms with E-state index in [9.17, 15) is 9.59 Å². The minimum absolute atomic E-state index is 0.376. The van der Waals surface area contributed by atoms with Crippen molar-refractivity contribution in [3.63, 3.8) is 0 Å². The number of nitrogens with zero attached hydrogens (tertiary/aromatic N) is 4. The van der Waals surface area contributed by atoms with E-state index in [2.05, 4.69) is 20.9 Å². The number of rotatable bonds is 6. The summed E-state index contributed by atoms with van der Waals surface area (Å²) in [5.41, 5.74) is 1.99. The van der Waals surface area contributed by atoms with E-state index < -0.39 is 12.1 Å². The van der Waals surface area contributed by atoms with E-state index in [0.29, 0.717) is 33.8 Å². The zero-order valence-corrected chi connectivity index (χ0v) is 20.3. The lowest BCUT2D eigenvalue weighted by Crippen LogP contribution is -2.39. The van der Waals surface area contributed by atoms with E-state index in [1.54, 1.807) is 42.5 Å². The van der Waals surface area contributed by atoms with Crippen LogP contribution in [0.1, 0.15) is 10.9 Å². The average Bonchev–Trinajstić information content (AvgIpc) is 3.50. The average molecular weight is 508 g/mol. The van der Waals surface area contributed by atoms with Crippen LogP contribution in [0.3, 0.4) is 0 Å². The zero-order chi connectivity index (χ0) is 24.8. The molecule has 0 radical (unpaired) electrons. The fourth-order valence-electron chi connectivity index (χ4n) is 3.58. The Morgan fingerprint density at radius 2 is 1.74 bits per heavy atom. The molecular formula is C24H22ClN7O2S. The number of carbonyl (C=O) groups excluding carboxylic acids is 2. The number of nitriles is 1. The fourth-order valence-corrected chi connectivity index (χ4v) is 4.48. The molecular weight excluding hydrogens is 486 g/mol. The number of nitrogens with one attached hydrogen (secondary N) is 3. The van der Waals surface area contributed by atoms with Gasteiger partial charge in [-0.2, -0.15) is 5.26 Å². The van der Waals surface area contributed by atoms with Gasteiger partial charge >= 0.3 is 6.03 Å².